The molecule has 14 heteroatoms. The smallest absolute Gasteiger partial charge is 0.270 e. The van der Waals surface area contributed by atoms with Crippen LogP contribution < -0.4 is 21.5 Å². The lowest BCUT2D eigenvalue weighted by Gasteiger charge is -2.50. The number of aryl methyl sites for hydroxylation is 1. The van der Waals surface area contributed by atoms with Crippen molar-refractivity contribution in [2.45, 2.75) is 68.0 Å². The monoisotopic (exact) mass is 638 g/mol. The van der Waals surface area contributed by atoms with Crippen LogP contribution in [0.25, 0.3) is 0 Å². The number of anilines is 2. The Balaban J connectivity index is 1.10. The Hall–Kier alpha value is -3.68. The molecule has 1 unspecified atom stereocenters. The molecule has 2 fully saturated rings. The number of hydrogen-bond donors (Lipinski definition) is 3. The zero-order valence-corrected chi connectivity index (χ0v) is 26.0. The van der Waals surface area contributed by atoms with Crippen molar-refractivity contribution in [1.82, 2.24) is 24.4 Å². The van der Waals surface area contributed by atoms with Crippen LogP contribution in [0.15, 0.2) is 45.3 Å². The number of rotatable bonds is 5. The summed E-state index contributed by atoms with van der Waals surface area (Å²) in [6.07, 6.45) is 8.52. The Kier molecular flexibility index (Phi) is 8.53. The summed E-state index contributed by atoms with van der Waals surface area (Å²) < 4.78 is 1.45. The van der Waals surface area contributed by atoms with E-state index in [1.807, 2.05) is 4.90 Å². The van der Waals surface area contributed by atoms with Crippen molar-refractivity contribution in [3.63, 3.8) is 0 Å². The summed E-state index contributed by atoms with van der Waals surface area (Å²) in [6, 6.07) is 5.13. The molecule has 12 nitrogen and oxygen atoms in total. The maximum Gasteiger partial charge on any atom is 0.270 e. The van der Waals surface area contributed by atoms with Crippen LogP contribution in [0.5, 0.6) is 5.88 Å². The second kappa shape index (κ2) is 12.4. The fourth-order valence-electron chi connectivity index (χ4n) is 6.42. The van der Waals surface area contributed by atoms with Crippen molar-refractivity contribution in [1.29, 1.82) is 0 Å². The summed E-state index contributed by atoms with van der Waals surface area (Å²) in [4.78, 5) is 55.9. The summed E-state index contributed by atoms with van der Waals surface area (Å²) in [5, 5.41) is 13.9. The number of aromatic hydroxyl groups is 1. The average Bonchev–Trinajstić information content (AvgIpc) is 3.01. The van der Waals surface area contributed by atoms with Gasteiger partial charge >= 0.3 is 0 Å². The number of halogens is 1. The molecule has 3 aliphatic rings. The third kappa shape index (κ3) is 5.87. The number of nitrogens with one attached hydrogen (secondary N) is 1. The number of fused-ring (bicyclic) bond motifs is 1. The third-order valence-electron chi connectivity index (χ3n) is 9.14. The maximum absolute atomic E-state index is 13.1. The summed E-state index contributed by atoms with van der Waals surface area (Å²) in [5.41, 5.74) is 5.93. The molecule has 3 aliphatic heterocycles. The number of nitrogens with two attached hydrogens (primary N) is 1. The van der Waals surface area contributed by atoms with Gasteiger partial charge in [-0.1, -0.05) is 29.4 Å². The highest BCUT2D eigenvalue weighted by Crippen LogP contribution is 2.42. The largest absolute Gasteiger partial charge is 0.493 e. The number of likely N-dealkylation sites (tertiary alicyclic amines) is 1. The number of aromatic nitrogens is 4. The first-order chi connectivity index (χ1) is 21.1. The molecule has 5 heterocycles. The predicted molar refractivity (Wildman–Crippen MR) is 167 cm³/mol. The van der Waals surface area contributed by atoms with Crippen LogP contribution in [-0.4, -0.2) is 73.6 Å². The van der Waals surface area contributed by atoms with Gasteiger partial charge in [-0.25, -0.2) is 9.97 Å². The standard InChI is InChI=1S/C30H35ClN8O4S/c1-18(40)38-14-10-30(21(32)17-38)8-12-37(13-9-30)23-15-34-24(16-33-23)44-20-6-4-5-19(26(20)31)35-27(41)25-28(42)36-22-7-2-3-11-39(22)29(25)43/h4-6,15-16,21,42H,2-3,7-14,17,32H2,1H3,(H,35,41). The molecule has 2 amide bonds. The summed E-state index contributed by atoms with van der Waals surface area (Å²) in [5.74, 6) is -0.00121. The molecule has 0 aliphatic carbocycles. The highest BCUT2D eigenvalue weighted by atomic mass is 35.5. The SMILES string of the molecule is CC(=O)N1CCC2(CCN(c3cnc(Sc4cccc(NC(=O)c5c(O)nc6n(c5=O)CCCC6)c4Cl)cn3)CC2)C(N)C1. The molecule has 0 radical (unpaired) electrons. The number of benzene rings is 1. The third-order valence-corrected chi connectivity index (χ3v) is 10.6. The minimum absolute atomic E-state index is 0.0287. The highest BCUT2D eigenvalue weighted by molar-refractivity contribution is 7.99. The van der Waals surface area contributed by atoms with E-state index in [-0.39, 0.29) is 22.4 Å². The number of nitrogens with zero attached hydrogens (tertiary/aromatic N) is 6. The van der Waals surface area contributed by atoms with Crippen LogP contribution in [0.3, 0.4) is 0 Å². The van der Waals surface area contributed by atoms with Crippen molar-refractivity contribution in [3.8, 4) is 5.88 Å². The Morgan fingerprint density at radius 3 is 2.59 bits per heavy atom. The normalized spacial score (nSPS) is 19.5. The van der Waals surface area contributed by atoms with Crippen LogP contribution in [0.4, 0.5) is 11.5 Å². The van der Waals surface area contributed by atoms with Crippen molar-refractivity contribution >= 4 is 46.7 Å². The first kappa shape index (κ1) is 30.4. The second-order valence-electron chi connectivity index (χ2n) is 11.7. The van der Waals surface area contributed by atoms with E-state index in [2.05, 4.69) is 25.2 Å². The lowest BCUT2D eigenvalue weighted by atomic mass is 9.68. The Morgan fingerprint density at radius 2 is 1.89 bits per heavy atom. The number of carbonyl (C=O) groups is 2. The molecule has 2 aromatic heterocycles. The molecule has 44 heavy (non-hydrogen) atoms. The summed E-state index contributed by atoms with van der Waals surface area (Å²) in [7, 11) is 0. The van der Waals surface area contributed by atoms with Gasteiger partial charge in [-0.15, -0.1) is 0 Å². The van der Waals surface area contributed by atoms with Gasteiger partial charge in [0.2, 0.25) is 11.8 Å². The Bertz CT molecular complexity index is 1640. The Morgan fingerprint density at radius 1 is 1.11 bits per heavy atom. The predicted octanol–water partition coefficient (Wildman–Crippen LogP) is 3.30. The van der Waals surface area contributed by atoms with Crippen LogP contribution in [0, 0.1) is 5.41 Å². The van der Waals surface area contributed by atoms with E-state index in [1.54, 1.807) is 37.5 Å². The molecule has 0 saturated carbocycles. The van der Waals surface area contributed by atoms with E-state index in [1.165, 1.54) is 16.3 Å². The van der Waals surface area contributed by atoms with Gasteiger partial charge in [0.05, 0.1) is 23.1 Å². The van der Waals surface area contributed by atoms with Crippen molar-refractivity contribution in [2.24, 2.45) is 11.1 Å². The zero-order valence-electron chi connectivity index (χ0n) is 24.5. The molecule has 1 atom stereocenters. The van der Waals surface area contributed by atoms with Crippen LogP contribution in [0.2, 0.25) is 5.02 Å². The van der Waals surface area contributed by atoms with Gasteiger partial charge < -0.3 is 26.0 Å². The van der Waals surface area contributed by atoms with Gasteiger partial charge in [0.1, 0.15) is 16.7 Å². The van der Waals surface area contributed by atoms with Gasteiger partial charge in [0.25, 0.3) is 11.5 Å². The number of carbonyl (C=O) groups excluding carboxylic acids is 2. The van der Waals surface area contributed by atoms with E-state index >= 15 is 0 Å². The summed E-state index contributed by atoms with van der Waals surface area (Å²) in [6.45, 7) is 5.07. The van der Waals surface area contributed by atoms with Crippen molar-refractivity contribution in [3.05, 3.63) is 57.4 Å². The molecule has 2 saturated heterocycles. The van der Waals surface area contributed by atoms with E-state index in [4.69, 9.17) is 17.3 Å². The molecule has 232 valence electrons. The van der Waals surface area contributed by atoms with E-state index < -0.39 is 22.9 Å². The van der Waals surface area contributed by atoms with Gasteiger partial charge in [-0.2, -0.15) is 4.98 Å². The zero-order chi connectivity index (χ0) is 31.0. The van der Waals surface area contributed by atoms with Gasteiger partial charge in [0.15, 0.2) is 5.56 Å². The number of hydrogen-bond acceptors (Lipinski definition) is 10. The minimum atomic E-state index is -0.775. The van der Waals surface area contributed by atoms with E-state index in [0.717, 1.165) is 57.6 Å². The molecule has 0 bridgehead atoms. The summed E-state index contributed by atoms with van der Waals surface area (Å²) >= 11 is 7.96. The topological polar surface area (TPSA) is 160 Å². The van der Waals surface area contributed by atoms with E-state index in [9.17, 15) is 19.5 Å². The molecule has 6 rings (SSSR count). The minimum Gasteiger partial charge on any atom is -0.493 e. The molecular formula is C30H35ClN8O4S. The van der Waals surface area contributed by atoms with Crippen LogP contribution in [-0.2, 0) is 17.8 Å². The molecule has 4 N–H and O–H groups in total. The van der Waals surface area contributed by atoms with Gasteiger partial charge in [0, 0.05) is 57.0 Å². The lowest BCUT2D eigenvalue weighted by Crippen LogP contribution is -2.59. The van der Waals surface area contributed by atoms with E-state index in [0.29, 0.717) is 40.9 Å². The van der Waals surface area contributed by atoms with Gasteiger partial charge in [-0.05, 0) is 49.7 Å². The Labute approximate surface area is 264 Å². The van der Waals surface area contributed by atoms with Gasteiger partial charge in [-0.3, -0.25) is 19.0 Å². The first-order valence-corrected chi connectivity index (χ1v) is 16.0. The fourth-order valence-corrected chi connectivity index (χ4v) is 7.49. The van der Waals surface area contributed by atoms with Crippen molar-refractivity contribution in [2.75, 3.05) is 36.4 Å². The van der Waals surface area contributed by atoms with Crippen molar-refractivity contribution < 1.29 is 14.7 Å². The first-order valence-electron chi connectivity index (χ1n) is 14.8. The van der Waals surface area contributed by atoms with Crippen LogP contribution >= 0.6 is 23.4 Å². The lowest BCUT2D eigenvalue weighted by molar-refractivity contribution is -0.132. The molecule has 1 spiro atoms. The fraction of sp³-hybridized carbons (Fsp3) is 0.467. The second-order valence-corrected chi connectivity index (χ2v) is 13.1. The van der Waals surface area contributed by atoms with Crippen LogP contribution in [0.1, 0.15) is 55.2 Å². The maximum atomic E-state index is 13.1. The number of piperidine rings is 2. The number of amides is 2. The molecule has 3 aromatic rings. The average molecular weight is 639 g/mol. The molecule has 1 aromatic carbocycles. The highest BCUT2D eigenvalue weighted by Gasteiger charge is 2.43. The molecular weight excluding hydrogens is 604 g/mol. The quantitative estimate of drug-likeness (QED) is 0.378.